The van der Waals surface area contributed by atoms with Gasteiger partial charge in [0.05, 0.1) is 22.6 Å². The number of hydrogen-bond donors (Lipinski definition) is 2. The summed E-state index contributed by atoms with van der Waals surface area (Å²) >= 11 is 0. The van der Waals surface area contributed by atoms with Crippen molar-refractivity contribution in [2.24, 2.45) is 0 Å². The third-order valence-corrected chi connectivity index (χ3v) is 5.08. The quantitative estimate of drug-likeness (QED) is 0.292. The summed E-state index contributed by atoms with van der Waals surface area (Å²) in [5.41, 5.74) is 6.18. The van der Waals surface area contributed by atoms with Crippen molar-refractivity contribution in [3.05, 3.63) is 52.6 Å². The Kier molecular flexibility index (Phi) is 6.54. The van der Waals surface area contributed by atoms with Gasteiger partial charge in [-0.1, -0.05) is 6.92 Å². The molecule has 0 aromatic heterocycles. The van der Waals surface area contributed by atoms with Crippen molar-refractivity contribution in [1.29, 1.82) is 0 Å². The van der Waals surface area contributed by atoms with Crippen LogP contribution >= 0.6 is 0 Å². The molecule has 28 heavy (non-hydrogen) atoms. The predicted molar refractivity (Wildman–Crippen MR) is 101 cm³/mol. The van der Waals surface area contributed by atoms with Gasteiger partial charge in [0, 0.05) is 23.9 Å². The summed E-state index contributed by atoms with van der Waals surface area (Å²) in [6.07, 6.45) is -1.23. The van der Waals surface area contributed by atoms with Crippen molar-refractivity contribution in [2.75, 3.05) is 18.2 Å². The molecule has 0 saturated carbocycles. The molecule has 150 valence electrons. The largest absolute Gasteiger partial charge is 0.495 e. The van der Waals surface area contributed by atoms with Crippen LogP contribution in [0.1, 0.15) is 13.3 Å². The first-order chi connectivity index (χ1) is 13.2. The van der Waals surface area contributed by atoms with Crippen molar-refractivity contribution in [3.63, 3.8) is 0 Å². The molecule has 3 N–H and O–H groups in total. The Hall–Kier alpha value is -3.18. The van der Waals surface area contributed by atoms with Crippen LogP contribution in [0.4, 0.5) is 17.1 Å². The number of ether oxygens (including phenoxy) is 1. The van der Waals surface area contributed by atoms with Crippen LogP contribution in [0.3, 0.4) is 0 Å². The molecule has 0 aliphatic heterocycles. The van der Waals surface area contributed by atoms with Gasteiger partial charge in [0.1, 0.15) is 5.75 Å². The third kappa shape index (κ3) is 4.96. The molecule has 1 atom stereocenters. The maximum atomic E-state index is 12.4. The van der Waals surface area contributed by atoms with Crippen LogP contribution in [0.5, 0.6) is 5.75 Å². The molecular formula is C17H19N3O7S. The first-order valence-corrected chi connectivity index (χ1v) is 9.51. The number of anilines is 2. The second-order valence-corrected chi connectivity index (χ2v) is 7.22. The first-order valence-electron chi connectivity index (χ1n) is 8.10. The molecule has 0 fully saturated rings. The van der Waals surface area contributed by atoms with Crippen LogP contribution < -0.4 is 15.8 Å². The summed E-state index contributed by atoms with van der Waals surface area (Å²) < 4.78 is 34.8. The van der Waals surface area contributed by atoms with Gasteiger partial charge in [0.25, 0.3) is 21.7 Å². The van der Waals surface area contributed by atoms with E-state index in [9.17, 15) is 23.3 Å². The summed E-state index contributed by atoms with van der Waals surface area (Å²) in [6.45, 7) is 1.58. The molecule has 0 unspecified atom stereocenters. The van der Waals surface area contributed by atoms with Gasteiger partial charge in [0.15, 0.2) is 6.10 Å². The van der Waals surface area contributed by atoms with Gasteiger partial charge in [0.2, 0.25) is 0 Å². The fourth-order valence-corrected chi connectivity index (χ4v) is 3.36. The molecule has 11 heteroatoms. The summed E-state index contributed by atoms with van der Waals surface area (Å²) in [6, 6.07) is 8.73. The van der Waals surface area contributed by atoms with Crippen LogP contribution in [0.15, 0.2) is 47.4 Å². The number of nitro benzene ring substituents is 1. The minimum atomic E-state index is -4.30. The van der Waals surface area contributed by atoms with Gasteiger partial charge in [-0.25, -0.2) is 0 Å². The van der Waals surface area contributed by atoms with Gasteiger partial charge >= 0.3 is 0 Å². The second kappa shape index (κ2) is 8.67. The Bertz CT molecular complexity index is 975. The number of carbonyl (C=O) groups excluding carboxylic acids is 1. The Balaban J connectivity index is 2.15. The molecule has 0 heterocycles. The number of nitrogens with zero attached hydrogens (tertiary/aromatic N) is 1. The summed E-state index contributed by atoms with van der Waals surface area (Å²) in [5, 5.41) is 13.2. The highest BCUT2D eigenvalue weighted by Gasteiger charge is 2.27. The average molecular weight is 409 g/mol. The van der Waals surface area contributed by atoms with Gasteiger partial charge in [-0.15, -0.1) is 0 Å². The van der Waals surface area contributed by atoms with E-state index in [4.69, 9.17) is 14.7 Å². The van der Waals surface area contributed by atoms with Crippen molar-refractivity contribution >= 4 is 33.1 Å². The summed E-state index contributed by atoms with van der Waals surface area (Å²) in [4.78, 5) is 22.1. The summed E-state index contributed by atoms with van der Waals surface area (Å²) in [5.74, 6) is -0.329. The van der Waals surface area contributed by atoms with Crippen LogP contribution in [0.2, 0.25) is 0 Å². The molecule has 2 rings (SSSR count). The number of amides is 1. The lowest BCUT2D eigenvalue weighted by atomic mass is 10.2. The van der Waals surface area contributed by atoms with E-state index < -0.39 is 27.1 Å². The van der Waals surface area contributed by atoms with E-state index in [1.54, 1.807) is 6.92 Å². The number of non-ortho nitro benzene ring substituents is 1. The Morgan fingerprint density at radius 2 is 1.89 bits per heavy atom. The fraction of sp³-hybridized carbons (Fsp3) is 0.235. The van der Waals surface area contributed by atoms with E-state index in [0.29, 0.717) is 17.1 Å². The Morgan fingerprint density at radius 1 is 1.25 bits per heavy atom. The number of nitro groups is 1. The molecule has 1 amide bonds. The summed E-state index contributed by atoms with van der Waals surface area (Å²) in [7, 11) is -2.88. The van der Waals surface area contributed by atoms with Crippen LogP contribution in [-0.2, 0) is 19.1 Å². The van der Waals surface area contributed by atoms with Crippen molar-refractivity contribution < 1.29 is 27.1 Å². The van der Waals surface area contributed by atoms with E-state index >= 15 is 0 Å². The molecule has 0 aliphatic rings. The predicted octanol–water partition coefficient (Wildman–Crippen LogP) is 2.31. The first kappa shape index (κ1) is 21.1. The minimum absolute atomic E-state index is 0.0736. The number of nitrogen functional groups attached to an aromatic ring is 1. The molecule has 0 radical (unpaired) electrons. The van der Waals surface area contributed by atoms with E-state index in [2.05, 4.69) is 5.32 Å². The topological polar surface area (TPSA) is 151 Å². The van der Waals surface area contributed by atoms with E-state index in [1.165, 1.54) is 25.3 Å². The maximum Gasteiger partial charge on any atom is 0.297 e. The monoisotopic (exact) mass is 409 g/mol. The van der Waals surface area contributed by atoms with E-state index in [1.807, 2.05) is 0 Å². The standard InChI is InChI=1S/C17H19N3O7S/c1-3-15(17(21)19-11-4-9-14(18)16(10-11)26-2)27-28(24,25)13-7-5-12(6-8-13)20(22)23/h4-10,15H,3,18H2,1-2H3,(H,19,21)/t15-/m1/s1. The number of benzene rings is 2. The molecule has 10 nitrogen and oxygen atoms in total. The van der Waals surface area contributed by atoms with Crippen molar-refractivity contribution in [1.82, 2.24) is 0 Å². The van der Waals surface area contributed by atoms with E-state index in [0.717, 1.165) is 24.3 Å². The molecule has 0 aliphatic carbocycles. The van der Waals surface area contributed by atoms with Gasteiger partial charge in [-0.2, -0.15) is 8.42 Å². The average Bonchev–Trinajstić information content (AvgIpc) is 2.67. The zero-order valence-electron chi connectivity index (χ0n) is 15.1. The fourth-order valence-electron chi connectivity index (χ4n) is 2.25. The Morgan fingerprint density at radius 3 is 2.43 bits per heavy atom. The zero-order valence-corrected chi connectivity index (χ0v) is 15.9. The highest BCUT2D eigenvalue weighted by atomic mass is 32.2. The van der Waals surface area contributed by atoms with Crippen LogP contribution in [-0.4, -0.2) is 32.5 Å². The number of rotatable bonds is 8. The lowest BCUT2D eigenvalue weighted by Gasteiger charge is -2.16. The van der Waals surface area contributed by atoms with Crippen molar-refractivity contribution in [3.8, 4) is 5.75 Å². The third-order valence-electron chi connectivity index (χ3n) is 3.74. The molecule has 0 bridgehead atoms. The second-order valence-electron chi connectivity index (χ2n) is 5.64. The number of hydrogen-bond acceptors (Lipinski definition) is 8. The number of carbonyl (C=O) groups is 1. The van der Waals surface area contributed by atoms with Crippen LogP contribution in [0.25, 0.3) is 0 Å². The lowest BCUT2D eigenvalue weighted by Crippen LogP contribution is -2.32. The van der Waals surface area contributed by atoms with Crippen molar-refractivity contribution in [2.45, 2.75) is 24.3 Å². The number of nitrogens with one attached hydrogen (secondary N) is 1. The SMILES string of the molecule is CC[C@@H](OS(=O)(=O)c1ccc([N+](=O)[O-])cc1)C(=O)Nc1ccc(N)c(OC)c1. The van der Waals surface area contributed by atoms with Crippen LogP contribution in [0, 0.1) is 10.1 Å². The molecule has 0 spiro atoms. The molecule has 0 saturated heterocycles. The molecule has 2 aromatic carbocycles. The lowest BCUT2D eigenvalue weighted by molar-refractivity contribution is -0.384. The smallest absolute Gasteiger partial charge is 0.297 e. The zero-order chi connectivity index (χ0) is 20.9. The van der Waals surface area contributed by atoms with E-state index in [-0.39, 0.29) is 17.0 Å². The van der Waals surface area contributed by atoms with Gasteiger partial charge in [-0.3, -0.25) is 19.1 Å². The number of methoxy groups -OCH3 is 1. The minimum Gasteiger partial charge on any atom is -0.495 e. The highest BCUT2D eigenvalue weighted by molar-refractivity contribution is 7.86. The normalized spacial score (nSPS) is 12.2. The van der Waals surface area contributed by atoms with Gasteiger partial charge in [-0.05, 0) is 30.7 Å². The van der Waals surface area contributed by atoms with Gasteiger partial charge < -0.3 is 15.8 Å². The highest BCUT2D eigenvalue weighted by Crippen LogP contribution is 2.26. The molecule has 2 aromatic rings. The Labute approximate surface area is 161 Å². The molecular weight excluding hydrogens is 390 g/mol. The number of nitrogens with two attached hydrogens (primary N) is 1. The maximum absolute atomic E-state index is 12.4.